The number of carbonyl (C=O) groups excluding carboxylic acids is 1. The van der Waals surface area contributed by atoms with Crippen molar-refractivity contribution in [2.24, 2.45) is 0 Å². The van der Waals surface area contributed by atoms with E-state index in [1.807, 2.05) is 6.07 Å². The Hall–Kier alpha value is -3.06. The maximum absolute atomic E-state index is 11.9. The molecule has 2 aromatic carbocycles. The summed E-state index contributed by atoms with van der Waals surface area (Å²) in [7, 11) is 0. The topological polar surface area (TPSA) is 116 Å². The summed E-state index contributed by atoms with van der Waals surface area (Å²) in [5.41, 5.74) is 1.43. The van der Waals surface area contributed by atoms with Gasteiger partial charge in [-0.05, 0) is 29.7 Å². The van der Waals surface area contributed by atoms with E-state index in [0.717, 1.165) is 5.56 Å². The van der Waals surface area contributed by atoms with Gasteiger partial charge in [-0.15, -0.1) is 0 Å². The van der Waals surface area contributed by atoms with Crippen molar-refractivity contribution in [2.75, 3.05) is 0 Å². The second kappa shape index (κ2) is 8.70. The van der Waals surface area contributed by atoms with Crippen molar-refractivity contribution in [1.29, 1.82) is 0 Å². The Morgan fingerprint density at radius 3 is 2.24 bits per heavy atom. The van der Waals surface area contributed by atoms with Crippen LogP contribution in [0.4, 0.5) is 4.79 Å². The van der Waals surface area contributed by atoms with Crippen LogP contribution in [-0.4, -0.2) is 39.5 Å². The molecular weight excluding hydrogens is 326 g/mol. The van der Waals surface area contributed by atoms with Gasteiger partial charge in [0, 0.05) is 0 Å². The maximum Gasteiger partial charge on any atom is 0.407 e. The summed E-state index contributed by atoms with van der Waals surface area (Å²) in [6.07, 6.45) is -2.56. The fourth-order valence-corrected chi connectivity index (χ4v) is 2.22. The fourth-order valence-electron chi connectivity index (χ4n) is 2.22. The second-order valence-electron chi connectivity index (χ2n) is 5.47. The van der Waals surface area contributed by atoms with Crippen LogP contribution >= 0.6 is 0 Å². The number of carboxylic acids is 1. The molecule has 0 fully saturated rings. The predicted octanol–water partition coefficient (Wildman–Crippen LogP) is 1.68. The number of phenols is 1. The Kier molecular flexibility index (Phi) is 6.36. The van der Waals surface area contributed by atoms with E-state index in [1.165, 1.54) is 12.1 Å². The standard InChI is InChI=1S/C18H19NO6/c20-14-8-6-12(7-9-14)10-15(16(21)17(22)23)19-18(24)25-11-13-4-2-1-3-5-13/h1-9,15-16,20-21H,10-11H2,(H,19,24)(H,22,23)/t15-,16+/m1/s1. The molecule has 2 aromatic rings. The molecule has 2 rings (SSSR count). The van der Waals surface area contributed by atoms with E-state index in [1.54, 1.807) is 36.4 Å². The molecule has 132 valence electrons. The van der Waals surface area contributed by atoms with Gasteiger partial charge >= 0.3 is 12.1 Å². The lowest BCUT2D eigenvalue weighted by atomic mass is 10.0. The van der Waals surface area contributed by atoms with Crippen molar-refractivity contribution in [2.45, 2.75) is 25.2 Å². The summed E-state index contributed by atoms with van der Waals surface area (Å²) in [6, 6.07) is 14.0. The monoisotopic (exact) mass is 345 g/mol. The molecule has 0 bridgehead atoms. The van der Waals surface area contributed by atoms with Crippen LogP contribution in [0.5, 0.6) is 5.75 Å². The number of aromatic hydroxyl groups is 1. The summed E-state index contributed by atoms with van der Waals surface area (Å²) in [4.78, 5) is 23.0. The van der Waals surface area contributed by atoms with Crippen LogP contribution in [0.3, 0.4) is 0 Å². The number of carbonyl (C=O) groups is 2. The first-order valence-corrected chi connectivity index (χ1v) is 7.61. The summed E-state index contributed by atoms with van der Waals surface area (Å²) < 4.78 is 5.05. The van der Waals surface area contributed by atoms with Gasteiger partial charge in [-0.25, -0.2) is 9.59 Å². The van der Waals surface area contributed by atoms with Gasteiger partial charge in [-0.1, -0.05) is 42.5 Å². The molecule has 0 heterocycles. The SMILES string of the molecule is O=C(N[C@H](Cc1ccc(O)cc1)[C@H](O)C(=O)O)OCc1ccccc1. The van der Waals surface area contributed by atoms with Gasteiger partial charge in [0.05, 0.1) is 6.04 Å². The number of phenolic OH excluding ortho intramolecular Hbond substituents is 1. The van der Waals surface area contributed by atoms with Crippen LogP contribution in [0, 0.1) is 0 Å². The van der Waals surface area contributed by atoms with Crippen molar-refractivity contribution in [1.82, 2.24) is 5.32 Å². The highest BCUT2D eigenvalue weighted by molar-refractivity contribution is 5.75. The number of aliphatic hydroxyl groups is 1. The number of alkyl carbamates (subject to hydrolysis) is 1. The van der Waals surface area contributed by atoms with Crippen molar-refractivity contribution in [3.8, 4) is 5.75 Å². The van der Waals surface area contributed by atoms with Gasteiger partial charge in [-0.2, -0.15) is 0 Å². The van der Waals surface area contributed by atoms with Crippen LogP contribution in [0.25, 0.3) is 0 Å². The Morgan fingerprint density at radius 1 is 1.00 bits per heavy atom. The average Bonchev–Trinajstić information content (AvgIpc) is 2.61. The van der Waals surface area contributed by atoms with E-state index >= 15 is 0 Å². The largest absolute Gasteiger partial charge is 0.508 e. The first-order chi connectivity index (χ1) is 12.0. The number of hydrogen-bond acceptors (Lipinski definition) is 5. The van der Waals surface area contributed by atoms with E-state index in [2.05, 4.69) is 5.32 Å². The zero-order valence-electron chi connectivity index (χ0n) is 13.3. The third-order valence-corrected chi connectivity index (χ3v) is 3.54. The average molecular weight is 345 g/mol. The molecule has 0 radical (unpaired) electrons. The van der Waals surface area contributed by atoms with Crippen LogP contribution in [0.15, 0.2) is 54.6 Å². The molecule has 0 saturated carbocycles. The highest BCUT2D eigenvalue weighted by Crippen LogP contribution is 2.13. The number of carboxylic acid groups (broad SMARTS) is 1. The van der Waals surface area contributed by atoms with E-state index in [-0.39, 0.29) is 18.8 Å². The summed E-state index contributed by atoms with van der Waals surface area (Å²) in [5, 5.41) is 30.5. The van der Waals surface area contributed by atoms with Crippen molar-refractivity contribution < 1.29 is 29.6 Å². The van der Waals surface area contributed by atoms with Crippen LogP contribution < -0.4 is 5.32 Å². The highest BCUT2D eigenvalue weighted by Gasteiger charge is 2.28. The van der Waals surface area contributed by atoms with E-state index in [0.29, 0.717) is 5.56 Å². The molecule has 2 atom stereocenters. The molecule has 0 saturated heterocycles. The Bertz CT molecular complexity index is 701. The van der Waals surface area contributed by atoms with Crippen LogP contribution in [0.2, 0.25) is 0 Å². The molecule has 7 nitrogen and oxygen atoms in total. The molecule has 25 heavy (non-hydrogen) atoms. The number of benzene rings is 2. The predicted molar refractivity (Wildman–Crippen MR) is 89.0 cm³/mol. The Morgan fingerprint density at radius 2 is 1.64 bits per heavy atom. The lowest BCUT2D eigenvalue weighted by Gasteiger charge is -2.21. The normalized spacial score (nSPS) is 12.8. The number of aliphatic hydroxyl groups excluding tert-OH is 1. The number of nitrogens with one attached hydrogen (secondary N) is 1. The molecule has 1 amide bonds. The molecular formula is C18H19NO6. The quantitative estimate of drug-likeness (QED) is 0.607. The van der Waals surface area contributed by atoms with Gasteiger partial charge in [0.2, 0.25) is 0 Å². The third-order valence-electron chi connectivity index (χ3n) is 3.54. The van der Waals surface area contributed by atoms with Gasteiger partial charge in [0.25, 0.3) is 0 Å². The minimum atomic E-state index is -1.79. The van der Waals surface area contributed by atoms with E-state index < -0.39 is 24.2 Å². The van der Waals surface area contributed by atoms with Gasteiger partial charge < -0.3 is 25.4 Å². The maximum atomic E-state index is 11.9. The molecule has 0 unspecified atom stereocenters. The molecule has 0 aromatic heterocycles. The zero-order chi connectivity index (χ0) is 18.2. The first-order valence-electron chi connectivity index (χ1n) is 7.61. The third kappa shape index (κ3) is 5.82. The lowest BCUT2D eigenvalue weighted by molar-refractivity contribution is -0.148. The van der Waals surface area contributed by atoms with Crippen LogP contribution in [-0.2, 0) is 22.6 Å². The molecule has 0 aliphatic carbocycles. The molecule has 0 aliphatic rings. The Labute approximate surface area is 144 Å². The zero-order valence-corrected chi connectivity index (χ0v) is 13.3. The number of aliphatic carboxylic acids is 1. The number of ether oxygens (including phenoxy) is 1. The molecule has 7 heteroatoms. The molecule has 0 aliphatic heterocycles. The lowest BCUT2D eigenvalue weighted by Crippen LogP contribution is -2.48. The van der Waals surface area contributed by atoms with E-state index in [4.69, 9.17) is 9.84 Å². The van der Waals surface area contributed by atoms with Gasteiger partial charge in [-0.3, -0.25) is 0 Å². The fraction of sp³-hybridized carbons (Fsp3) is 0.222. The second-order valence-corrected chi connectivity index (χ2v) is 5.47. The highest BCUT2D eigenvalue weighted by atomic mass is 16.5. The number of hydrogen-bond donors (Lipinski definition) is 4. The number of amides is 1. The minimum absolute atomic E-state index is 0.0295. The van der Waals surface area contributed by atoms with Gasteiger partial charge in [0.1, 0.15) is 12.4 Å². The summed E-state index contributed by atoms with van der Waals surface area (Å²) >= 11 is 0. The number of rotatable bonds is 7. The van der Waals surface area contributed by atoms with Crippen molar-refractivity contribution in [3.05, 3.63) is 65.7 Å². The smallest absolute Gasteiger partial charge is 0.407 e. The first kappa shape index (κ1) is 18.3. The van der Waals surface area contributed by atoms with E-state index in [9.17, 15) is 19.8 Å². The minimum Gasteiger partial charge on any atom is -0.508 e. The van der Waals surface area contributed by atoms with Crippen LogP contribution in [0.1, 0.15) is 11.1 Å². The summed E-state index contributed by atoms with van der Waals surface area (Å²) in [6.45, 7) is 0.0295. The summed E-state index contributed by atoms with van der Waals surface area (Å²) in [5.74, 6) is -1.39. The van der Waals surface area contributed by atoms with Gasteiger partial charge in [0.15, 0.2) is 6.10 Å². The molecule has 0 spiro atoms. The van der Waals surface area contributed by atoms with Crippen molar-refractivity contribution in [3.63, 3.8) is 0 Å². The van der Waals surface area contributed by atoms with Crippen molar-refractivity contribution >= 4 is 12.1 Å². The molecule has 4 N–H and O–H groups in total. The Balaban J connectivity index is 1.98.